The third kappa shape index (κ3) is 4.78. The molecule has 0 spiro atoms. The van der Waals surface area contributed by atoms with Crippen LogP contribution in [0.4, 0.5) is 0 Å². The van der Waals surface area contributed by atoms with Gasteiger partial charge < -0.3 is 9.88 Å². The predicted octanol–water partition coefficient (Wildman–Crippen LogP) is 3.06. The van der Waals surface area contributed by atoms with Crippen molar-refractivity contribution in [2.24, 2.45) is 0 Å². The van der Waals surface area contributed by atoms with E-state index < -0.39 is 0 Å². The topological polar surface area (TPSA) is 29.9 Å². The van der Waals surface area contributed by atoms with E-state index in [1.807, 2.05) is 18.7 Å². The van der Waals surface area contributed by atoms with Gasteiger partial charge in [-0.25, -0.2) is 4.98 Å². The number of imidazole rings is 1. The highest BCUT2D eigenvalue weighted by Crippen LogP contribution is 2.06. The number of halogens is 1. The fraction of sp³-hybridized carbons (Fsp3) is 0.357. The number of nitrogens with one attached hydrogen (secondary N) is 1. The van der Waals surface area contributed by atoms with Gasteiger partial charge in [0, 0.05) is 29.1 Å². The van der Waals surface area contributed by atoms with Gasteiger partial charge in [0.1, 0.15) is 0 Å². The van der Waals surface area contributed by atoms with Crippen molar-refractivity contribution in [1.29, 1.82) is 0 Å². The monoisotopic (exact) mass is 355 g/mol. The average Bonchev–Trinajstić information content (AvgIpc) is 2.89. The van der Waals surface area contributed by atoms with Crippen LogP contribution in [0.1, 0.15) is 18.4 Å². The average molecular weight is 355 g/mol. The first-order valence-corrected chi connectivity index (χ1v) is 7.33. The number of nitrogens with zero attached hydrogens (tertiary/aromatic N) is 2. The molecule has 0 aliphatic carbocycles. The summed E-state index contributed by atoms with van der Waals surface area (Å²) in [6.45, 7) is 3.09. The van der Waals surface area contributed by atoms with Crippen molar-refractivity contribution in [1.82, 2.24) is 14.9 Å². The van der Waals surface area contributed by atoms with Crippen LogP contribution in [0.3, 0.4) is 0 Å². The van der Waals surface area contributed by atoms with Crippen molar-refractivity contribution in [3.8, 4) is 0 Å². The molecular weight excluding hydrogens is 337 g/mol. The molecule has 0 saturated heterocycles. The summed E-state index contributed by atoms with van der Waals surface area (Å²) in [6.07, 6.45) is 8.10. The highest BCUT2D eigenvalue weighted by atomic mass is 127. The molecule has 96 valence electrons. The zero-order chi connectivity index (χ0) is 12.6. The van der Waals surface area contributed by atoms with Crippen LogP contribution >= 0.6 is 22.6 Å². The van der Waals surface area contributed by atoms with Crippen molar-refractivity contribution < 1.29 is 0 Å². The minimum absolute atomic E-state index is 0.960. The van der Waals surface area contributed by atoms with Gasteiger partial charge in [0.05, 0.1) is 6.33 Å². The number of hydrogen-bond donors (Lipinski definition) is 1. The second kappa shape index (κ2) is 7.53. The maximum absolute atomic E-state index is 4.03. The number of hydrogen-bond acceptors (Lipinski definition) is 2. The molecule has 4 heteroatoms. The number of rotatable bonds is 7. The zero-order valence-corrected chi connectivity index (χ0v) is 12.5. The van der Waals surface area contributed by atoms with Crippen LogP contribution in [-0.2, 0) is 13.1 Å². The third-order valence-electron chi connectivity index (χ3n) is 2.82. The minimum atomic E-state index is 0.960. The highest BCUT2D eigenvalue weighted by Gasteiger charge is 1.94. The van der Waals surface area contributed by atoms with Gasteiger partial charge in [-0.05, 0) is 59.7 Å². The largest absolute Gasteiger partial charge is 0.337 e. The fourth-order valence-electron chi connectivity index (χ4n) is 1.80. The van der Waals surface area contributed by atoms with Crippen LogP contribution in [0.2, 0.25) is 0 Å². The van der Waals surface area contributed by atoms with E-state index in [1.54, 1.807) is 0 Å². The maximum Gasteiger partial charge on any atom is 0.0945 e. The summed E-state index contributed by atoms with van der Waals surface area (Å²) in [5.74, 6) is 0. The van der Waals surface area contributed by atoms with Gasteiger partial charge >= 0.3 is 0 Å². The Bertz CT molecular complexity index is 437. The van der Waals surface area contributed by atoms with Crippen LogP contribution in [-0.4, -0.2) is 16.1 Å². The van der Waals surface area contributed by atoms with Crippen molar-refractivity contribution in [2.45, 2.75) is 25.9 Å². The molecule has 2 rings (SSSR count). The summed E-state index contributed by atoms with van der Waals surface area (Å²) in [5.41, 5.74) is 1.35. The Morgan fingerprint density at radius 2 is 2.00 bits per heavy atom. The second-order valence-electron chi connectivity index (χ2n) is 4.31. The molecule has 0 aliphatic rings. The Morgan fingerprint density at radius 3 is 2.72 bits per heavy atom. The number of unbranched alkanes of at least 4 members (excludes halogenated alkanes) is 1. The summed E-state index contributed by atoms with van der Waals surface area (Å²) in [7, 11) is 0. The molecule has 0 bridgehead atoms. The van der Waals surface area contributed by atoms with Gasteiger partial charge in [-0.3, -0.25) is 0 Å². The quantitative estimate of drug-likeness (QED) is 0.611. The van der Waals surface area contributed by atoms with Crippen LogP contribution in [0, 0.1) is 3.57 Å². The summed E-state index contributed by atoms with van der Waals surface area (Å²) in [6, 6.07) is 8.66. The van der Waals surface area contributed by atoms with Gasteiger partial charge in [0.25, 0.3) is 0 Å². The molecular formula is C14H18IN3. The summed E-state index contributed by atoms with van der Waals surface area (Å²) < 4.78 is 3.41. The predicted molar refractivity (Wildman–Crippen MR) is 82.3 cm³/mol. The minimum Gasteiger partial charge on any atom is -0.337 e. The van der Waals surface area contributed by atoms with E-state index >= 15 is 0 Å². The molecule has 0 aliphatic heterocycles. The van der Waals surface area contributed by atoms with E-state index in [2.05, 4.69) is 61.7 Å². The molecule has 0 fully saturated rings. The molecule has 2 aromatic rings. The fourth-order valence-corrected chi connectivity index (χ4v) is 2.16. The lowest BCUT2D eigenvalue weighted by atomic mass is 10.2. The van der Waals surface area contributed by atoms with E-state index in [0.29, 0.717) is 0 Å². The van der Waals surface area contributed by atoms with Crippen molar-refractivity contribution in [3.05, 3.63) is 52.1 Å². The lowest BCUT2D eigenvalue weighted by Crippen LogP contribution is -2.15. The number of aryl methyl sites for hydroxylation is 1. The molecule has 0 atom stereocenters. The normalized spacial score (nSPS) is 10.7. The molecule has 1 N–H and O–H groups in total. The SMILES string of the molecule is Ic1ccc(CNCCCCn2ccnc2)cc1. The molecule has 1 aromatic carbocycles. The number of aromatic nitrogens is 2. The first kappa shape index (κ1) is 13.5. The highest BCUT2D eigenvalue weighted by molar-refractivity contribution is 14.1. The Hall–Kier alpha value is -0.880. The Labute approximate surface area is 122 Å². The molecule has 18 heavy (non-hydrogen) atoms. The number of benzene rings is 1. The van der Waals surface area contributed by atoms with Gasteiger partial charge in [-0.2, -0.15) is 0 Å². The van der Waals surface area contributed by atoms with Crippen LogP contribution < -0.4 is 5.32 Å². The first-order chi connectivity index (χ1) is 8.84. The molecule has 1 heterocycles. The molecule has 0 saturated carbocycles. The van der Waals surface area contributed by atoms with E-state index in [0.717, 1.165) is 19.6 Å². The Balaban J connectivity index is 1.55. The zero-order valence-electron chi connectivity index (χ0n) is 10.3. The van der Waals surface area contributed by atoms with Gasteiger partial charge in [0.2, 0.25) is 0 Å². The van der Waals surface area contributed by atoms with Gasteiger partial charge in [-0.15, -0.1) is 0 Å². The Morgan fingerprint density at radius 1 is 1.17 bits per heavy atom. The van der Waals surface area contributed by atoms with E-state index in [9.17, 15) is 0 Å². The molecule has 1 aromatic heterocycles. The second-order valence-corrected chi connectivity index (χ2v) is 5.56. The smallest absolute Gasteiger partial charge is 0.0945 e. The van der Waals surface area contributed by atoms with E-state index in [-0.39, 0.29) is 0 Å². The van der Waals surface area contributed by atoms with Crippen molar-refractivity contribution in [3.63, 3.8) is 0 Å². The third-order valence-corrected chi connectivity index (χ3v) is 3.54. The molecule has 3 nitrogen and oxygen atoms in total. The summed E-state index contributed by atoms with van der Waals surface area (Å²) in [5, 5.41) is 3.47. The first-order valence-electron chi connectivity index (χ1n) is 6.25. The molecule has 0 radical (unpaired) electrons. The van der Waals surface area contributed by atoms with Crippen molar-refractivity contribution in [2.75, 3.05) is 6.54 Å². The standard InChI is InChI=1S/C14H18IN3/c15-14-5-3-13(4-6-14)11-16-7-1-2-9-18-10-8-17-12-18/h3-6,8,10,12,16H,1-2,7,9,11H2. The van der Waals surface area contributed by atoms with Crippen LogP contribution in [0.25, 0.3) is 0 Å². The summed E-state index contributed by atoms with van der Waals surface area (Å²) >= 11 is 2.33. The van der Waals surface area contributed by atoms with Gasteiger partial charge in [-0.1, -0.05) is 12.1 Å². The van der Waals surface area contributed by atoms with Crippen LogP contribution in [0.5, 0.6) is 0 Å². The lowest BCUT2D eigenvalue weighted by molar-refractivity contribution is 0.568. The lowest BCUT2D eigenvalue weighted by Gasteiger charge is -2.05. The summed E-state index contributed by atoms with van der Waals surface area (Å²) in [4.78, 5) is 4.03. The Kier molecular flexibility index (Phi) is 5.67. The molecule has 0 amide bonds. The van der Waals surface area contributed by atoms with Crippen LogP contribution in [0.15, 0.2) is 43.0 Å². The molecule has 0 unspecified atom stereocenters. The van der Waals surface area contributed by atoms with E-state index in [4.69, 9.17) is 0 Å². The van der Waals surface area contributed by atoms with E-state index in [1.165, 1.54) is 22.0 Å². The maximum atomic E-state index is 4.03. The van der Waals surface area contributed by atoms with Crippen molar-refractivity contribution >= 4 is 22.6 Å². The van der Waals surface area contributed by atoms with Gasteiger partial charge in [0.15, 0.2) is 0 Å².